The molecule has 0 bridgehead atoms. The van der Waals surface area contributed by atoms with Gasteiger partial charge in [-0.25, -0.2) is 19.6 Å². The number of aliphatic hydroxyl groups is 1. The maximum Gasteiger partial charge on any atom is 0.394 e. The van der Waals surface area contributed by atoms with Gasteiger partial charge in [0.25, 0.3) is 0 Å². The van der Waals surface area contributed by atoms with Gasteiger partial charge in [-0.1, -0.05) is 11.6 Å². The molecule has 0 unspecified atom stereocenters. The lowest BCUT2D eigenvalue weighted by molar-refractivity contribution is 0.0592. The first-order valence-electron chi connectivity index (χ1n) is 7.05. The summed E-state index contributed by atoms with van der Waals surface area (Å²) in [5.74, 6) is -0.943. The Hall–Kier alpha value is -2.84. The van der Waals surface area contributed by atoms with E-state index in [1.165, 1.54) is 44.8 Å². The summed E-state index contributed by atoms with van der Waals surface area (Å²) < 4.78 is 41.0. The monoisotopic (exact) mass is 454 g/mol. The van der Waals surface area contributed by atoms with E-state index in [4.69, 9.17) is 44.1 Å². The molecule has 0 radical (unpaired) electrons. The molecule has 0 aliphatic heterocycles. The number of esters is 1. The van der Waals surface area contributed by atoms with Crippen molar-refractivity contribution in [1.82, 2.24) is 9.97 Å². The third-order valence-corrected chi connectivity index (χ3v) is 2.54. The fourth-order valence-electron chi connectivity index (χ4n) is 1.28. The number of methoxy groups -OCH3 is 2. The molecule has 0 aliphatic carbocycles. The summed E-state index contributed by atoms with van der Waals surface area (Å²) in [6.45, 7) is 0. The molecule has 0 atom stereocenters. The van der Waals surface area contributed by atoms with Crippen LogP contribution in [0.15, 0.2) is 36.7 Å². The molecular weight excluding hydrogens is 436 g/mol. The summed E-state index contributed by atoms with van der Waals surface area (Å²) in [7, 11) is -0.833. The molecule has 29 heavy (non-hydrogen) atoms. The number of carbonyl (C=O) groups is 2. The van der Waals surface area contributed by atoms with Crippen LogP contribution < -0.4 is 4.74 Å². The van der Waals surface area contributed by atoms with E-state index in [1.807, 2.05) is 0 Å². The Bertz CT molecular complexity index is 869. The van der Waals surface area contributed by atoms with Crippen LogP contribution >= 0.6 is 11.6 Å². The summed E-state index contributed by atoms with van der Waals surface area (Å²) in [4.78, 5) is 28.5. The number of rotatable bonds is 3. The van der Waals surface area contributed by atoms with Gasteiger partial charge >= 0.3 is 22.3 Å². The van der Waals surface area contributed by atoms with Gasteiger partial charge in [0.1, 0.15) is 11.4 Å². The SMILES string of the molecule is CO.COC(=O)c1cc(OC)ccn1.O=C(O)c1cc(Cl)ccn1.O=S(=O)(O)O. The van der Waals surface area contributed by atoms with Crippen molar-refractivity contribution in [2.75, 3.05) is 21.3 Å². The number of carboxylic acids is 1. The van der Waals surface area contributed by atoms with E-state index in [0.29, 0.717) is 10.8 Å². The van der Waals surface area contributed by atoms with Crippen LogP contribution in [0.1, 0.15) is 21.0 Å². The lowest BCUT2D eigenvalue weighted by atomic mass is 10.3. The van der Waals surface area contributed by atoms with Crippen LogP contribution in [0, 0.1) is 0 Å². The molecule has 14 heteroatoms. The summed E-state index contributed by atoms with van der Waals surface area (Å²) in [6.07, 6.45) is 2.84. The number of hydrogen-bond acceptors (Lipinski definition) is 9. The van der Waals surface area contributed by atoms with Gasteiger partial charge in [-0.15, -0.1) is 0 Å². The zero-order valence-electron chi connectivity index (χ0n) is 15.4. The average molecular weight is 455 g/mol. The minimum atomic E-state index is -4.67. The molecule has 0 aliphatic rings. The van der Waals surface area contributed by atoms with E-state index < -0.39 is 22.3 Å². The predicted octanol–water partition coefficient (Wildman–Crippen LogP) is 1.27. The maximum atomic E-state index is 10.9. The van der Waals surface area contributed by atoms with Gasteiger partial charge in [-0.05, 0) is 18.2 Å². The zero-order valence-corrected chi connectivity index (χ0v) is 17.0. The molecule has 4 N–H and O–H groups in total. The molecule has 2 heterocycles. The second kappa shape index (κ2) is 15.1. The van der Waals surface area contributed by atoms with E-state index in [9.17, 15) is 9.59 Å². The number of carbonyl (C=O) groups excluding carboxylic acids is 1. The Balaban J connectivity index is 0. The number of hydrogen-bond donors (Lipinski definition) is 4. The molecule has 0 amide bonds. The van der Waals surface area contributed by atoms with Crippen molar-refractivity contribution >= 4 is 33.9 Å². The number of aromatic nitrogens is 2. The molecule has 2 aromatic heterocycles. The summed E-state index contributed by atoms with van der Waals surface area (Å²) in [5.41, 5.74) is 0.212. The van der Waals surface area contributed by atoms with Crippen LogP contribution in [0.3, 0.4) is 0 Å². The number of pyridine rings is 2. The van der Waals surface area contributed by atoms with Crippen LogP contribution in [0.4, 0.5) is 0 Å². The van der Waals surface area contributed by atoms with Crippen LogP contribution in [-0.2, 0) is 15.1 Å². The molecule has 2 aromatic rings. The van der Waals surface area contributed by atoms with Crippen molar-refractivity contribution in [1.29, 1.82) is 0 Å². The number of aliphatic hydroxyl groups excluding tert-OH is 1. The average Bonchev–Trinajstić information content (AvgIpc) is 2.68. The van der Waals surface area contributed by atoms with Crippen molar-refractivity contribution in [2.24, 2.45) is 0 Å². The van der Waals surface area contributed by atoms with Gasteiger partial charge in [0.05, 0.1) is 14.2 Å². The fourth-order valence-corrected chi connectivity index (χ4v) is 1.44. The van der Waals surface area contributed by atoms with Crippen molar-refractivity contribution in [3.05, 3.63) is 53.1 Å². The summed E-state index contributed by atoms with van der Waals surface area (Å²) >= 11 is 5.49. The van der Waals surface area contributed by atoms with Gasteiger partial charge in [-0.3, -0.25) is 9.11 Å². The van der Waals surface area contributed by atoms with E-state index >= 15 is 0 Å². The quantitative estimate of drug-likeness (QED) is 0.383. The van der Waals surface area contributed by atoms with Crippen LogP contribution in [0.25, 0.3) is 0 Å². The normalized spacial score (nSPS) is 9.21. The lowest BCUT2D eigenvalue weighted by Crippen LogP contribution is -2.03. The Morgan fingerprint density at radius 3 is 1.86 bits per heavy atom. The van der Waals surface area contributed by atoms with E-state index in [0.717, 1.165) is 7.11 Å². The summed E-state index contributed by atoms with van der Waals surface area (Å²) in [6, 6.07) is 6.00. The number of halogens is 1. The standard InChI is InChI=1S/C8H9NO3.C6H4ClNO2.CH4O.H2O4S/c1-11-6-3-4-9-7(5-6)8(10)12-2;7-4-1-2-8-5(3-4)6(9)10;1-2;1-5(2,3)4/h3-5H,1-2H3;1-3H,(H,9,10);2H,1H3;(H2,1,2,3,4). The summed E-state index contributed by atoms with van der Waals surface area (Å²) in [5, 5.41) is 15.8. The number of ether oxygens (including phenoxy) is 2. The predicted molar refractivity (Wildman–Crippen MR) is 101 cm³/mol. The van der Waals surface area contributed by atoms with E-state index in [2.05, 4.69) is 14.7 Å². The molecule has 0 fully saturated rings. The Kier molecular flexibility index (Phi) is 14.8. The van der Waals surface area contributed by atoms with Gasteiger partial charge < -0.3 is 19.7 Å². The van der Waals surface area contributed by atoms with Crippen LogP contribution in [-0.4, -0.2) is 71.0 Å². The molecular formula is C15H19ClN2O10S. The minimum absolute atomic E-state index is 0.0347. The number of aromatic carboxylic acids is 1. The highest BCUT2D eigenvalue weighted by molar-refractivity contribution is 7.79. The first kappa shape index (κ1) is 28.4. The second-order valence-corrected chi connectivity index (χ2v) is 5.52. The number of carboxylic acid groups (broad SMARTS) is 1. The lowest BCUT2D eigenvalue weighted by Gasteiger charge is -2.00. The molecule has 0 spiro atoms. The highest BCUT2D eigenvalue weighted by Gasteiger charge is 2.06. The van der Waals surface area contributed by atoms with Crippen molar-refractivity contribution in [3.8, 4) is 5.75 Å². The van der Waals surface area contributed by atoms with Gasteiger partial charge in [-0.2, -0.15) is 8.42 Å². The second-order valence-electron chi connectivity index (χ2n) is 4.18. The van der Waals surface area contributed by atoms with Crippen molar-refractivity contribution < 1.29 is 46.8 Å². The largest absolute Gasteiger partial charge is 0.497 e. The van der Waals surface area contributed by atoms with E-state index in [1.54, 1.807) is 6.07 Å². The zero-order chi connectivity index (χ0) is 23.0. The third kappa shape index (κ3) is 15.9. The maximum absolute atomic E-state index is 10.9. The molecule has 2 rings (SSSR count). The molecule has 0 saturated carbocycles. The number of nitrogens with zero attached hydrogens (tertiary/aromatic N) is 2. The minimum Gasteiger partial charge on any atom is -0.497 e. The van der Waals surface area contributed by atoms with Crippen molar-refractivity contribution in [3.63, 3.8) is 0 Å². The Morgan fingerprint density at radius 2 is 1.48 bits per heavy atom. The van der Waals surface area contributed by atoms with Crippen molar-refractivity contribution in [2.45, 2.75) is 0 Å². The van der Waals surface area contributed by atoms with Crippen LogP contribution in [0.5, 0.6) is 5.75 Å². The molecule has 162 valence electrons. The topological polar surface area (TPSA) is 193 Å². The smallest absolute Gasteiger partial charge is 0.394 e. The Morgan fingerprint density at radius 1 is 1.00 bits per heavy atom. The highest BCUT2D eigenvalue weighted by atomic mass is 35.5. The third-order valence-electron chi connectivity index (χ3n) is 2.30. The van der Waals surface area contributed by atoms with Crippen LogP contribution in [0.2, 0.25) is 5.02 Å². The first-order chi connectivity index (χ1) is 13.5. The molecule has 12 nitrogen and oxygen atoms in total. The highest BCUT2D eigenvalue weighted by Crippen LogP contribution is 2.10. The van der Waals surface area contributed by atoms with Gasteiger partial charge in [0, 0.05) is 30.6 Å². The Labute approximate surface area is 171 Å². The van der Waals surface area contributed by atoms with E-state index in [-0.39, 0.29) is 11.4 Å². The molecule has 0 aromatic carbocycles. The van der Waals surface area contributed by atoms with Gasteiger partial charge in [0.15, 0.2) is 5.69 Å². The fraction of sp³-hybridized carbons (Fsp3) is 0.200. The first-order valence-corrected chi connectivity index (χ1v) is 8.83. The van der Waals surface area contributed by atoms with Gasteiger partial charge in [0.2, 0.25) is 0 Å². The molecule has 0 saturated heterocycles.